The normalized spacial score (nSPS) is 11.7. The van der Waals surface area contributed by atoms with Crippen LogP contribution in [0.25, 0.3) is 22.0 Å². The highest BCUT2D eigenvalue weighted by atomic mass is 35.5. The number of fused-ring (bicyclic) bond motifs is 1. The third kappa shape index (κ3) is 3.68. The maximum Gasteiger partial charge on any atom is 0.416 e. The highest BCUT2D eigenvalue weighted by molar-refractivity contribution is 6.35. The van der Waals surface area contributed by atoms with E-state index in [0.717, 1.165) is 34.2 Å². The minimum atomic E-state index is -4.34. The topological polar surface area (TPSA) is 37.9 Å². The third-order valence-electron chi connectivity index (χ3n) is 4.38. The SMILES string of the molecule is FC(F)(F)c1ccc(COc2cccc(-c3c[nH]c4ccnc(Cl)c34)c2)cc1. The van der Waals surface area contributed by atoms with E-state index in [1.807, 2.05) is 30.5 Å². The van der Waals surface area contributed by atoms with E-state index in [9.17, 15) is 13.2 Å². The number of halogens is 4. The largest absolute Gasteiger partial charge is 0.489 e. The number of pyridine rings is 1. The number of rotatable bonds is 4. The predicted octanol–water partition coefficient (Wildman–Crippen LogP) is 6.48. The van der Waals surface area contributed by atoms with Crippen molar-refractivity contribution in [2.45, 2.75) is 12.8 Å². The van der Waals surface area contributed by atoms with Crippen LogP contribution in [0, 0.1) is 0 Å². The Bertz CT molecular complexity index is 1120. The van der Waals surface area contributed by atoms with Crippen molar-refractivity contribution in [2.75, 3.05) is 0 Å². The van der Waals surface area contributed by atoms with Crippen LogP contribution >= 0.6 is 11.6 Å². The van der Waals surface area contributed by atoms with Crippen molar-refractivity contribution in [3.05, 3.63) is 83.3 Å². The lowest BCUT2D eigenvalue weighted by Crippen LogP contribution is -2.05. The third-order valence-corrected chi connectivity index (χ3v) is 4.66. The molecule has 0 bridgehead atoms. The van der Waals surface area contributed by atoms with Crippen LogP contribution in [0.3, 0.4) is 0 Å². The summed E-state index contributed by atoms with van der Waals surface area (Å²) < 4.78 is 43.7. The highest BCUT2D eigenvalue weighted by Gasteiger charge is 2.29. The highest BCUT2D eigenvalue weighted by Crippen LogP contribution is 2.34. The Labute approximate surface area is 163 Å². The molecule has 28 heavy (non-hydrogen) atoms. The maximum absolute atomic E-state index is 12.6. The summed E-state index contributed by atoms with van der Waals surface area (Å²) in [5.41, 5.74) is 2.64. The molecule has 0 aliphatic heterocycles. The fraction of sp³-hybridized carbons (Fsp3) is 0.0952. The van der Waals surface area contributed by atoms with Crippen molar-refractivity contribution >= 4 is 22.5 Å². The van der Waals surface area contributed by atoms with Crippen LogP contribution in [0.4, 0.5) is 13.2 Å². The Balaban J connectivity index is 1.54. The van der Waals surface area contributed by atoms with Gasteiger partial charge in [-0.25, -0.2) is 4.98 Å². The molecule has 2 aromatic heterocycles. The number of aromatic amines is 1. The first kappa shape index (κ1) is 18.4. The molecule has 0 saturated heterocycles. The van der Waals surface area contributed by atoms with Gasteiger partial charge in [0.15, 0.2) is 0 Å². The average molecular weight is 403 g/mol. The van der Waals surface area contributed by atoms with Crippen LogP contribution in [0.5, 0.6) is 5.75 Å². The molecule has 0 aliphatic carbocycles. The molecule has 0 aliphatic rings. The summed E-state index contributed by atoms with van der Waals surface area (Å²) in [5.74, 6) is 0.603. The van der Waals surface area contributed by atoms with Gasteiger partial charge in [0.1, 0.15) is 17.5 Å². The van der Waals surface area contributed by atoms with Crippen LogP contribution in [-0.4, -0.2) is 9.97 Å². The molecule has 0 spiro atoms. The molecule has 0 saturated carbocycles. The zero-order valence-corrected chi connectivity index (χ0v) is 15.2. The molecular formula is C21H14ClF3N2O. The van der Waals surface area contributed by atoms with Gasteiger partial charge in [-0.2, -0.15) is 13.2 Å². The van der Waals surface area contributed by atoms with Crippen LogP contribution in [0.1, 0.15) is 11.1 Å². The van der Waals surface area contributed by atoms with Gasteiger partial charge in [-0.1, -0.05) is 35.9 Å². The van der Waals surface area contributed by atoms with Gasteiger partial charge in [0, 0.05) is 23.3 Å². The fourth-order valence-corrected chi connectivity index (χ4v) is 3.23. The van der Waals surface area contributed by atoms with Gasteiger partial charge >= 0.3 is 6.18 Å². The number of hydrogen-bond donors (Lipinski definition) is 1. The number of alkyl halides is 3. The number of aromatic nitrogens is 2. The van der Waals surface area contributed by atoms with Crippen LogP contribution in [0.2, 0.25) is 5.15 Å². The lowest BCUT2D eigenvalue weighted by Gasteiger charge is -2.10. The number of hydrogen-bond acceptors (Lipinski definition) is 2. The monoisotopic (exact) mass is 402 g/mol. The van der Waals surface area contributed by atoms with Crippen LogP contribution < -0.4 is 4.74 Å². The van der Waals surface area contributed by atoms with Gasteiger partial charge in [0.2, 0.25) is 0 Å². The van der Waals surface area contributed by atoms with Gasteiger partial charge in [0.25, 0.3) is 0 Å². The summed E-state index contributed by atoms with van der Waals surface area (Å²) in [5, 5.41) is 1.23. The number of H-pyrrole nitrogens is 1. The molecule has 0 fully saturated rings. The van der Waals surface area contributed by atoms with E-state index in [0.29, 0.717) is 16.5 Å². The van der Waals surface area contributed by atoms with Gasteiger partial charge in [0.05, 0.1) is 11.1 Å². The smallest absolute Gasteiger partial charge is 0.416 e. The molecule has 1 N–H and O–H groups in total. The minimum Gasteiger partial charge on any atom is -0.489 e. The van der Waals surface area contributed by atoms with Gasteiger partial charge < -0.3 is 9.72 Å². The van der Waals surface area contributed by atoms with E-state index < -0.39 is 11.7 Å². The van der Waals surface area contributed by atoms with Crippen molar-refractivity contribution in [1.82, 2.24) is 9.97 Å². The van der Waals surface area contributed by atoms with E-state index in [4.69, 9.17) is 16.3 Å². The summed E-state index contributed by atoms with van der Waals surface area (Å²) in [4.78, 5) is 7.29. The quantitative estimate of drug-likeness (QED) is 0.397. The molecule has 4 aromatic rings. The summed E-state index contributed by atoms with van der Waals surface area (Å²) in [6.45, 7) is 0.164. The lowest BCUT2D eigenvalue weighted by atomic mass is 10.1. The van der Waals surface area contributed by atoms with E-state index in [2.05, 4.69) is 9.97 Å². The molecule has 7 heteroatoms. The van der Waals surface area contributed by atoms with Crippen molar-refractivity contribution in [2.24, 2.45) is 0 Å². The van der Waals surface area contributed by atoms with Crippen molar-refractivity contribution < 1.29 is 17.9 Å². The Hall–Kier alpha value is -2.99. The van der Waals surface area contributed by atoms with Gasteiger partial charge in [-0.3, -0.25) is 0 Å². The van der Waals surface area contributed by atoms with Gasteiger partial charge in [-0.05, 0) is 41.5 Å². The average Bonchev–Trinajstić information content (AvgIpc) is 3.12. The zero-order chi connectivity index (χ0) is 19.7. The first-order chi connectivity index (χ1) is 13.4. The first-order valence-corrected chi connectivity index (χ1v) is 8.80. The predicted molar refractivity (Wildman–Crippen MR) is 102 cm³/mol. The number of ether oxygens (including phenoxy) is 1. The second kappa shape index (κ2) is 7.20. The summed E-state index contributed by atoms with van der Waals surface area (Å²) in [7, 11) is 0. The van der Waals surface area contributed by atoms with Crippen molar-refractivity contribution in [3.63, 3.8) is 0 Å². The zero-order valence-electron chi connectivity index (χ0n) is 14.4. The lowest BCUT2D eigenvalue weighted by molar-refractivity contribution is -0.137. The minimum absolute atomic E-state index is 0.164. The second-order valence-corrected chi connectivity index (χ2v) is 6.60. The molecule has 0 amide bonds. The molecular weight excluding hydrogens is 389 g/mol. The molecule has 0 radical (unpaired) electrons. The van der Waals surface area contributed by atoms with E-state index in [1.54, 1.807) is 12.3 Å². The molecule has 0 atom stereocenters. The summed E-state index contributed by atoms with van der Waals surface area (Å²) in [6, 6.07) is 14.2. The van der Waals surface area contributed by atoms with Crippen molar-refractivity contribution in [1.29, 1.82) is 0 Å². The van der Waals surface area contributed by atoms with E-state index in [1.165, 1.54) is 12.1 Å². The van der Waals surface area contributed by atoms with E-state index >= 15 is 0 Å². The molecule has 2 heterocycles. The standard InChI is InChI=1S/C21H14ClF3N2O/c22-20-19-17(11-27-18(19)8-9-26-20)14-2-1-3-16(10-14)28-12-13-4-6-15(7-5-13)21(23,24)25/h1-11,27H,12H2. The summed E-state index contributed by atoms with van der Waals surface area (Å²) >= 11 is 6.24. The van der Waals surface area contributed by atoms with E-state index in [-0.39, 0.29) is 6.61 Å². The van der Waals surface area contributed by atoms with Gasteiger partial charge in [-0.15, -0.1) is 0 Å². The Morgan fingerprint density at radius 3 is 2.57 bits per heavy atom. The van der Waals surface area contributed by atoms with Crippen LogP contribution in [0.15, 0.2) is 67.0 Å². The van der Waals surface area contributed by atoms with Crippen LogP contribution in [-0.2, 0) is 12.8 Å². The molecule has 3 nitrogen and oxygen atoms in total. The van der Waals surface area contributed by atoms with Crippen molar-refractivity contribution in [3.8, 4) is 16.9 Å². The number of benzene rings is 2. The first-order valence-electron chi connectivity index (χ1n) is 8.43. The molecule has 2 aromatic carbocycles. The maximum atomic E-state index is 12.6. The molecule has 0 unspecified atom stereocenters. The molecule has 142 valence electrons. The Morgan fingerprint density at radius 2 is 1.82 bits per heavy atom. The second-order valence-electron chi connectivity index (χ2n) is 6.24. The number of nitrogens with one attached hydrogen (secondary N) is 1. The molecule has 4 rings (SSSR count). The Kier molecular flexibility index (Phi) is 4.73. The Morgan fingerprint density at radius 1 is 1.04 bits per heavy atom. The fourth-order valence-electron chi connectivity index (χ4n) is 2.97. The summed E-state index contributed by atoms with van der Waals surface area (Å²) in [6.07, 6.45) is -0.856. The number of nitrogens with zero attached hydrogens (tertiary/aromatic N) is 1.